The van der Waals surface area contributed by atoms with Gasteiger partial charge in [0.1, 0.15) is 11.5 Å². The minimum atomic E-state index is -0.556. The van der Waals surface area contributed by atoms with Crippen LogP contribution in [0.15, 0.2) is 48.5 Å². The molecule has 2 aromatic rings. The van der Waals surface area contributed by atoms with E-state index in [2.05, 4.69) is 4.74 Å². The van der Waals surface area contributed by atoms with Gasteiger partial charge >= 0.3 is 11.9 Å². The Morgan fingerprint density at radius 1 is 1.04 bits per heavy atom. The summed E-state index contributed by atoms with van der Waals surface area (Å²) in [6, 6.07) is 13.2. The molecule has 0 radical (unpaired) electrons. The predicted octanol–water partition coefficient (Wildman–Crippen LogP) is 2.83. The lowest BCUT2D eigenvalue weighted by Crippen LogP contribution is -2.27. The number of esters is 2. The van der Waals surface area contributed by atoms with E-state index in [0.717, 1.165) is 5.75 Å². The second kappa shape index (κ2) is 8.56. The van der Waals surface area contributed by atoms with Crippen LogP contribution in [0.5, 0.6) is 11.5 Å². The Labute approximate surface area is 162 Å². The van der Waals surface area contributed by atoms with Crippen molar-refractivity contribution in [1.29, 1.82) is 0 Å². The van der Waals surface area contributed by atoms with E-state index in [1.54, 1.807) is 29.2 Å². The summed E-state index contributed by atoms with van der Waals surface area (Å²) < 4.78 is 15.4. The second-order valence-electron chi connectivity index (χ2n) is 6.27. The van der Waals surface area contributed by atoms with Gasteiger partial charge in [-0.3, -0.25) is 9.59 Å². The minimum absolute atomic E-state index is 0.0896. The maximum absolute atomic E-state index is 12.4. The van der Waals surface area contributed by atoms with Gasteiger partial charge in [0.2, 0.25) is 5.91 Å². The highest BCUT2D eigenvalue weighted by Gasteiger charge is 2.36. The lowest BCUT2D eigenvalue weighted by Gasteiger charge is -2.17. The first kappa shape index (κ1) is 19.4. The van der Waals surface area contributed by atoms with Crippen molar-refractivity contribution < 1.29 is 28.6 Å². The molecule has 28 heavy (non-hydrogen) atoms. The van der Waals surface area contributed by atoms with Gasteiger partial charge in [0.05, 0.1) is 25.2 Å². The van der Waals surface area contributed by atoms with Crippen LogP contribution < -0.4 is 14.4 Å². The standard InChI is InChI=1S/C21H21NO6/c1-3-27-17-10-6-16(7-11-17)22-13-15(12-19(22)23)21(25)28-18-8-4-14(5-9-18)20(24)26-2/h4-11,15H,3,12-13H2,1-2H3/t15-/m0/s1. The molecule has 7 nitrogen and oxygen atoms in total. The normalized spacial score (nSPS) is 16.0. The zero-order valence-corrected chi connectivity index (χ0v) is 15.7. The molecule has 0 bridgehead atoms. The highest BCUT2D eigenvalue weighted by Crippen LogP contribution is 2.28. The van der Waals surface area contributed by atoms with E-state index < -0.39 is 17.9 Å². The molecule has 0 N–H and O–H groups in total. The van der Waals surface area contributed by atoms with Crippen molar-refractivity contribution in [3.63, 3.8) is 0 Å². The van der Waals surface area contributed by atoms with Gasteiger partial charge in [-0.05, 0) is 55.5 Å². The van der Waals surface area contributed by atoms with Gasteiger partial charge in [0.15, 0.2) is 0 Å². The van der Waals surface area contributed by atoms with Crippen LogP contribution in [0.4, 0.5) is 5.69 Å². The van der Waals surface area contributed by atoms with Crippen LogP contribution in [0.2, 0.25) is 0 Å². The Bertz CT molecular complexity index is 859. The number of amides is 1. The molecule has 1 heterocycles. The lowest BCUT2D eigenvalue weighted by molar-refractivity contribution is -0.139. The van der Waals surface area contributed by atoms with E-state index in [4.69, 9.17) is 9.47 Å². The van der Waals surface area contributed by atoms with Crippen LogP contribution in [-0.4, -0.2) is 38.1 Å². The molecule has 3 rings (SSSR count). The van der Waals surface area contributed by atoms with Gasteiger partial charge in [0, 0.05) is 18.7 Å². The number of benzene rings is 2. The van der Waals surface area contributed by atoms with Gasteiger partial charge in [-0.2, -0.15) is 0 Å². The quantitative estimate of drug-likeness (QED) is 0.564. The predicted molar refractivity (Wildman–Crippen MR) is 101 cm³/mol. The van der Waals surface area contributed by atoms with Crippen LogP contribution in [0.3, 0.4) is 0 Å². The second-order valence-corrected chi connectivity index (χ2v) is 6.27. The summed E-state index contributed by atoms with van der Waals surface area (Å²) in [5, 5.41) is 0. The lowest BCUT2D eigenvalue weighted by atomic mass is 10.1. The zero-order chi connectivity index (χ0) is 20.1. The summed E-state index contributed by atoms with van der Waals surface area (Å²) in [6.45, 7) is 2.72. The molecule has 1 fully saturated rings. The number of hydrogen-bond acceptors (Lipinski definition) is 6. The number of anilines is 1. The summed E-state index contributed by atoms with van der Waals surface area (Å²) in [5.74, 6) is -0.599. The SMILES string of the molecule is CCOc1ccc(N2C[C@@H](C(=O)Oc3ccc(C(=O)OC)cc3)CC2=O)cc1. The molecule has 0 unspecified atom stereocenters. The minimum Gasteiger partial charge on any atom is -0.494 e. The number of carbonyl (C=O) groups excluding carboxylic acids is 3. The van der Waals surface area contributed by atoms with Gasteiger partial charge in [-0.15, -0.1) is 0 Å². The van der Waals surface area contributed by atoms with Crippen LogP contribution in [-0.2, 0) is 14.3 Å². The fourth-order valence-electron chi connectivity index (χ4n) is 2.98. The van der Waals surface area contributed by atoms with Gasteiger partial charge in [-0.25, -0.2) is 4.79 Å². The van der Waals surface area contributed by atoms with E-state index in [1.165, 1.54) is 31.4 Å². The maximum Gasteiger partial charge on any atom is 0.337 e. The number of carbonyl (C=O) groups is 3. The largest absolute Gasteiger partial charge is 0.494 e. The van der Waals surface area contributed by atoms with Crippen LogP contribution in [0, 0.1) is 5.92 Å². The highest BCUT2D eigenvalue weighted by atomic mass is 16.5. The smallest absolute Gasteiger partial charge is 0.337 e. The molecule has 7 heteroatoms. The summed E-state index contributed by atoms with van der Waals surface area (Å²) in [6.07, 6.45) is 0.0896. The van der Waals surface area contributed by atoms with Crippen molar-refractivity contribution in [1.82, 2.24) is 0 Å². The molecule has 1 amide bonds. The van der Waals surface area contributed by atoms with E-state index >= 15 is 0 Å². The van der Waals surface area contributed by atoms with Crippen LogP contribution in [0.1, 0.15) is 23.7 Å². The first-order valence-electron chi connectivity index (χ1n) is 8.95. The van der Waals surface area contributed by atoms with Crippen molar-refractivity contribution in [2.75, 3.05) is 25.2 Å². The van der Waals surface area contributed by atoms with Gasteiger partial charge in [0.25, 0.3) is 0 Å². The highest BCUT2D eigenvalue weighted by molar-refractivity contribution is 5.99. The molecule has 1 atom stereocenters. The molecule has 0 aliphatic carbocycles. The fraction of sp³-hybridized carbons (Fsp3) is 0.286. The summed E-state index contributed by atoms with van der Waals surface area (Å²) >= 11 is 0. The molecule has 146 valence electrons. The van der Waals surface area contributed by atoms with Gasteiger partial charge < -0.3 is 19.1 Å². The summed E-state index contributed by atoms with van der Waals surface area (Å²) in [4.78, 5) is 37.8. The molecule has 1 saturated heterocycles. The Balaban J connectivity index is 1.62. The van der Waals surface area contributed by atoms with E-state index in [1.807, 2.05) is 6.92 Å². The average molecular weight is 383 g/mol. The van der Waals surface area contributed by atoms with Crippen LogP contribution >= 0.6 is 0 Å². The molecular weight excluding hydrogens is 362 g/mol. The van der Waals surface area contributed by atoms with Crippen LogP contribution in [0.25, 0.3) is 0 Å². The summed E-state index contributed by atoms with van der Waals surface area (Å²) in [7, 11) is 1.30. The monoisotopic (exact) mass is 383 g/mol. The number of hydrogen-bond donors (Lipinski definition) is 0. The molecular formula is C21H21NO6. The van der Waals surface area contributed by atoms with Crippen molar-refractivity contribution in [2.45, 2.75) is 13.3 Å². The van der Waals surface area contributed by atoms with Crippen molar-refractivity contribution in [3.8, 4) is 11.5 Å². The third kappa shape index (κ3) is 4.31. The molecule has 0 aromatic heterocycles. The number of nitrogens with zero attached hydrogens (tertiary/aromatic N) is 1. The molecule has 2 aromatic carbocycles. The topological polar surface area (TPSA) is 82.1 Å². The van der Waals surface area contributed by atoms with E-state index in [0.29, 0.717) is 23.6 Å². The number of rotatable bonds is 6. The van der Waals surface area contributed by atoms with Crippen molar-refractivity contribution >= 4 is 23.5 Å². The molecule has 0 saturated carbocycles. The molecule has 1 aliphatic heterocycles. The Morgan fingerprint density at radius 2 is 1.68 bits per heavy atom. The van der Waals surface area contributed by atoms with Crippen molar-refractivity contribution in [3.05, 3.63) is 54.1 Å². The first-order chi connectivity index (χ1) is 13.5. The van der Waals surface area contributed by atoms with E-state index in [9.17, 15) is 14.4 Å². The number of ether oxygens (including phenoxy) is 3. The third-order valence-electron chi connectivity index (χ3n) is 4.41. The molecule has 1 aliphatic rings. The number of methoxy groups -OCH3 is 1. The molecule has 0 spiro atoms. The Morgan fingerprint density at radius 3 is 2.29 bits per heavy atom. The maximum atomic E-state index is 12.4. The fourth-order valence-corrected chi connectivity index (χ4v) is 2.98. The Kier molecular flexibility index (Phi) is 5.93. The average Bonchev–Trinajstić information content (AvgIpc) is 3.10. The van der Waals surface area contributed by atoms with Gasteiger partial charge in [-0.1, -0.05) is 0 Å². The Hall–Kier alpha value is -3.35. The summed E-state index contributed by atoms with van der Waals surface area (Å²) in [5.41, 5.74) is 1.08. The third-order valence-corrected chi connectivity index (χ3v) is 4.41. The van der Waals surface area contributed by atoms with E-state index in [-0.39, 0.29) is 18.9 Å². The first-order valence-corrected chi connectivity index (χ1v) is 8.95. The zero-order valence-electron chi connectivity index (χ0n) is 15.7. The van der Waals surface area contributed by atoms with Crippen molar-refractivity contribution in [2.24, 2.45) is 5.92 Å².